The number of halogens is 2. The Morgan fingerprint density at radius 3 is 2.79 bits per heavy atom. The lowest BCUT2D eigenvalue weighted by Crippen LogP contribution is -2.41. The minimum Gasteiger partial charge on any atom is -0.395 e. The molecule has 1 fully saturated rings. The Morgan fingerprint density at radius 2 is 2.00 bits per heavy atom. The molecular formula is C16H18F2N2O4. The molecule has 24 heavy (non-hydrogen) atoms. The summed E-state index contributed by atoms with van der Waals surface area (Å²) in [5.74, 6) is -0.312. The number of carbonyl (C=O) groups excluding carboxylic acids is 1. The molecule has 0 unspecified atom stereocenters. The van der Waals surface area contributed by atoms with Gasteiger partial charge in [0.1, 0.15) is 0 Å². The fraction of sp³-hybridized carbons (Fsp3) is 0.438. The molecule has 1 aromatic rings. The van der Waals surface area contributed by atoms with Crippen LogP contribution in [-0.4, -0.2) is 56.5 Å². The van der Waals surface area contributed by atoms with Gasteiger partial charge in [-0.3, -0.25) is 9.69 Å². The fourth-order valence-electron chi connectivity index (χ4n) is 2.46. The van der Waals surface area contributed by atoms with E-state index < -0.39 is 6.29 Å². The number of nitrogens with zero attached hydrogens (tertiary/aromatic N) is 1. The third-order valence-corrected chi connectivity index (χ3v) is 3.68. The monoisotopic (exact) mass is 340 g/mol. The number of alkyl halides is 2. The number of ether oxygens (including phenoxy) is 3. The zero-order valence-electron chi connectivity index (χ0n) is 13.0. The van der Waals surface area contributed by atoms with Gasteiger partial charge in [0, 0.05) is 32.3 Å². The van der Waals surface area contributed by atoms with Crippen molar-refractivity contribution in [3.05, 3.63) is 29.8 Å². The lowest BCUT2D eigenvalue weighted by Gasteiger charge is -2.26. The first kappa shape index (κ1) is 16.7. The van der Waals surface area contributed by atoms with E-state index in [1.165, 1.54) is 24.3 Å². The van der Waals surface area contributed by atoms with E-state index in [9.17, 15) is 13.6 Å². The first-order chi connectivity index (χ1) is 11.5. The molecule has 0 atom stereocenters. The number of hydrogen-bond acceptors (Lipinski definition) is 5. The summed E-state index contributed by atoms with van der Waals surface area (Å²) in [6.45, 7) is 4.48. The number of nitrogens with one attached hydrogen (secondary N) is 1. The molecule has 1 saturated heterocycles. The minimum absolute atomic E-state index is 0.0212. The SMILES string of the molecule is O=C(C=Cc1ccc2c(c1)OC(F)(F)O2)NCCN1CCOCC1. The van der Waals surface area contributed by atoms with Gasteiger partial charge in [-0.25, -0.2) is 0 Å². The van der Waals surface area contributed by atoms with Crippen LogP contribution in [0.3, 0.4) is 0 Å². The third-order valence-electron chi connectivity index (χ3n) is 3.68. The number of hydrogen-bond donors (Lipinski definition) is 1. The molecule has 0 aromatic heterocycles. The zero-order chi connectivity index (χ0) is 17.0. The second-order valence-corrected chi connectivity index (χ2v) is 5.45. The van der Waals surface area contributed by atoms with Crippen molar-refractivity contribution in [1.82, 2.24) is 10.2 Å². The maximum Gasteiger partial charge on any atom is 0.586 e. The first-order valence-electron chi connectivity index (χ1n) is 7.68. The van der Waals surface area contributed by atoms with E-state index in [1.807, 2.05) is 0 Å². The first-order valence-corrected chi connectivity index (χ1v) is 7.68. The largest absolute Gasteiger partial charge is 0.586 e. The smallest absolute Gasteiger partial charge is 0.395 e. The van der Waals surface area contributed by atoms with Crippen molar-refractivity contribution in [3.8, 4) is 11.5 Å². The Labute approximate surface area is 138 Å². The normalized spacial score (nSPS) is 19.6. The van der Waals surface area contributed by atoms with Gasteiger partial charge in [-0.2, -0.15) is 0 Å². The zero-order valence-corrected chi connectivity index (χ0v) is 13.0. The summed E-state index contributed by atoms with van der Waals surface area (Å²) < 4.78 is 39.8. The molecular weight excluding hydrogens is 322 g/mol. The predicted octanol–water partition coefficient (Wildman–Crippen LogP) is 1.47. The summed E-state index contributed by atoms with van der Waals surface area (Å²) >= 11 is 0. The van der Waals surface area contributed by atoms with Gasteiger partial charge in [0.2, 0.25) is 5.91 Å². The van der Waals surface area contributed by atoms with Crippen LogP contribution in [0.2, 0.25) is 0 Å². The molecule has 0 bridgehead atoms. The quantitative estimate of drug-likeness (QED) is 0.823. The van der Waals surface area contributed by atoms with Gasteiger partial charge in [0.15, 0.2) is 11.5 Å². The molecule has 0 aliphatic carbocycles. The highest BCUT2D eigenvalue weighted by Gasteiger charge is 2.43. The third kappa shape index (κ3) is 4.42. The van der Waals surface area contributed by atoms with Crippen LogP contribution in [0.1, 0.15) is 5.56 Å². The number of benzene rings is 1. The topological polar surface area (TPSA) is 60.0 Å². The highest BCUT2D eigenvalue weighted by molar-refractivity contribution is 5.91. The highest BCUT2D eigenvalue weighted by Crippen LogP contribution is 2.41. The van der Waals surface area contributed by atoms with Crippen LogP contribution in [0.5, 0.6) is 11.5 Å². The van der Waals surface area contributed by atoms with Gasteiger partial charge >= 0.3 is 6.29 Å². The predicted molar refractivity (Wildman–Crippen MR) is 81.9 cm³/mol. The number of fused-ring (bicyclic) bond motifs is 1. The molecule has 1 N–H and O–H groups in total. The minimum atomic E-state index is -3.64. The molecule has 2 aliphatic rings. The van der Waals surface area contributed by atoms with E-state index >= 15 is 0 Å². The standard InChI is InChI=1S/C16H18F2N2O4/c17-16(18)23-13-3-1-12(11-14(13)24-16)2-4-15(21)19-5-6-20-7-9-22-10-8-20/h1-4,11H,5-10H2,(H,19,21). The van der Waals surface area contributed by atoms with Crippen LogP contribution >= 0.6 is 0 Å². The van der Waals surface area contributed by atoms with Gasteiger partial charge in [-0.15, -0.1) is 8.78 Å². The molecule has 1 amide bonds. The molecule has 2 heterocycles. The second kappa shape index (κ2) is 7.14. The summed E-state index contributed by atoms with van der Waals surface area (Å²) in [6, 6.07) is 4.35. The Hall–Kier alpha value is -2.19. The van der Waals surface area contributed by atoms with Crippen LogP contribution in [0, 0.1) is 0 Å². The summed E-state index contributed by atoms with van der Waals surface area (Å²) in [5, 5.41) is 2.78. The molecule has 1 aromatic carbocycles. The molecule has 0 saturated carbocycles. The molecule has 0 radical (unpaired) electrons. The molecule has 0 spiro atoms. The van der Waals surface area contributed by atoms with Crippen molar-refractivity contribution in [2.45, 2.75) is 6.29 Å². The van der Waals surface area contributed by atoms with Crippen LogP contribution in [0.4, 0.5) is 8.78 Å². The summed E-state index contributed by atoms with van der Waals surface area (Å²) in [4.78, 5) is 14.0. The van der Waals surface area contributed by atoms with Gasteiger partial charge in [0.25, 0.3) is 0 Å². The van der Waals surface area contributed by atoms with Crippen molar-refractivity contribution >= 4 is 12.0 Å². The number of carbonyl (C=O) groups is 1. The Morgan fingerprint density at radius 1 is 1.25 bits per heavy atom. The van der Waals surface area contributed by atoms with Gasteiger partial charge in [-0.05, 0) is 23.8 Å². The Balaban J connectivity index is 1.46. The van der Waals surface area contributed by atoms with E-state index in [2.05, 4.69) is 19.7 Å². The van der Waals surface area contributed by atoms with E-state index in [4.69, 9.17) is 4.74 Å². The molecule has 130 valence electrons. The van der Waals surface area contributed by atoms with Crippen LogP contribution in [0.25, 0.3) is 6.08 Å². The van der Waals surface area contributed by atoms with Crippen molar-refractivity contribution in [1.29, 1.82) is 0 Å². The lowest BCUT2D eigenvalue weighted by molar-refractivity contribution is -0.286. The molecule has 8 heteroatoms. The van der Waals surface area contributed by atoms with Crippen molar-refractivity contribution < 1.29 is 27.8 Å². The van der Waals surface area contributed by atoms with E-state index in [1.54, 1.807) is 6.07 Å². The van der Waals surface area contributed by atoms with Crippen molar-refractivity contribution in [2.24, 2.45) is 0 Å². The van der Waals surface area contributed by atoms with Crippen LogP contribution in [0.15, 0.2) is 24.3 Å². The van der Waals surface area contributed by atoms with Crippen molar-refractivity contribution in [3.63, 3.8) is 0 Å². The fourth-order valence-corrected chi connectivity index (χ4v) is 2.46. The van der Waals surface area contributed by atoms with Crippen molar-refractivity contribution in [2.75, 3.05) is 39.4 Å². The number of morpholine rings is 1. The second-order valence-electron chi connectivity index (χ2n) is 5.45. The highest BCUT2D eigenvalue weighted by atomic mass is 19.3. The van der Waals surface area contributed by atoms with Gasteiger partial charge in [-0.1, -0.05) is 6.07 Å². The van der Waals surface area contributed by atoms with Gasteiger partial charge in [0.05, 0.1) is 13.2 Å². The van der Waals surface area contributed by atoms with Crippen LogP contribution in [-0.2, 0) is 9.53 Å². The summed E-state index contributed by atoms with van der Waals surface area (Å²) in [7, 11) is 0. The van der Waals surface area contributed by atoms with E-state index in [-0.39, 0.29) is 17.4 Å². The molecule has 3 rings (SSSR count). The summed E-state index contributed by atoms with van der Waals surface area (Å²) in [6.07, 6.45) is -0.749. The molecule has 2 aliphatic heterocycles. The van der Waals surface area contributed by atoms with Crippen LogP contribution < -0.4 is 14.8 Å². The Kier molecular flexibility index (Phi) is 4.96. The maximum atomic E-state index is 12.9. The van der Waals surface area contributed by atoms with E-state index in [0.717, 1.165) is 32.8 Å². The number of amides is 1. The number of rotatable bonds is 5. The Bertz CT molecular complexity index is 631. The average Bonchev–Trinajstić information content (AvgIpc) is 2.87. The average molecular weight is 340 g/mol. The van der Waals surface area contributed by atoms with Gasteiger partial charge < -0.3 is 19.5 Å². The lowest BCUT2D eigenvalue weighted by atomic mass is 10.2. The summed E-state index contributed by atoms with van der Waals surface area (Å²) in [5.41, 5.74) is 0.568. The maximum absolute atomic E-state index is 12.9. The molecule has 6 nitrogen and oxygen atoms in total. The van der Waals surface area contributed by atoms with E-state index in [0.29, 0.717) is 12.1 Å².